The van der Waals surface area contributed by atoms with Gasteiger partial charge in [-0.05, 0) is 25.2 Å². The number of benzene rings is 1. The molecule has 0 radical (unpaired) electrons. The fourth-order valence-electron chi connectivity index (χ4n) is 3.84. The molecular formula is C19H27N5O2S. The third-order valence-corrected chi connectivity index (χ3v) is 7.88. The van der Waals surface area contributed by atoms with Gasteiger partial charge >= 0.3 is 0 Å². The standard InChI is InChI=1S/C19H27N5O2S/c1-15-18-20-17(16-7-5-4-6-8-16)21-23(18)13-14-24(15)27(25,26)22-11-9-19(2,3)10-12-22/h4-8,15H,9-14H2,1-3H3/t15-/m0/s1. The summed E-state index contributed by atoms with van der Waals surface area (Å²) in [7, 11) is -3.50. The lowest BCUT2D eigenvalue weighted by Crippen LogP contribution is -2.51. The largest absolute Gasteiger partial charge is 0.282 e. The van der Waals surface area contributed by atoms with Crippen LogP contribution < -0.4 is 0 Å². The number of fused-ring (bicyclic) bond motifs is 1. The number of piperidine rings is 1. The Bertz CT molecular complexity index is 913. The summed E-state index contributed by atoms with van der Waals surface area (Å²) in [5, 5.41) is 4.59. The average molecular weight is 390 g/mol. The van der Waals surface area contributed by atoms with E-state index < -0.39 is 10.2 Å². The average Bonchev–Trinajstić information content (AvgIpc) is 3.07. The molecule has 0 amide bonds. The lowest BCUT2D eigenvalue weighted by atomic mass is 9.83. The minimum Gasteiger partial charge on any atom is -0.246 e. The Morgan fingerprint density at radius 2 is 1.70 bits per heavy atom. The molecule has 0 unspecified atom stereocenters. The molecule has 27 heavy (non-hydrogen) atoms. The Morgan fingerprint density at radius 3 is 2.37 bits per heavy atom. The van der Waals surface area contributed by atoms with Crippen molar-refractivity contribution in [2.45, 2.75) is 46.2 Å². The van der Waals surface area contributed by atoms with Crippen LogP contribution in [0.2, 0.25) is 0 Å². The molecule has 2 aromatic rings. The van der Waals surface area contributed by atoms with Crippen molar-refractivity contribution in [1.82, 2.24) is 23.4 Å². The van der Waals surface area contributed by atoms with Crippen molar-refractivity contribution in [3.05, 3.63) is 36.2 Å². The molecule has 0 bridgehead atoms. The van der Waals surface area contributed by atoms with Crippen molar-refractivity contribution in [3.8, 4) is 11.4 Å². The van der Waals surface area contributed by atoms with E-state index in [0.717, 1.165) is 18.4 Å². The topological polar surface area (TPSA) is 71.3 Å². The summed E-state index contributed by atoms with van der Waals surface area (Å²) in [5.74, 6) is 1.36. The van der Waals surface area contributed by atoms with Crippen molar-refractivity contribution >= 4 is 10.2 Å². The maximum absolute atomic E-state index is 13.2. The van der Waals surface area contributed by atoms with Crippen LogP contribution in [0.25, 0.3) is 11.4 Å². The fraction of sp³-hybridized carbons (Fsp3) is 0.579. The quantitative estimate of drug-likeness (QED) is 0.809. The van der Waals surface area contributed by atoms with Gasteiger partial charge in [0.25, 0.3) is 10.2 Å². The van der Waals surface area contributed by atoms with Crippen LogP contribution in [0.1, 0.15) is 45.5 Å². The molecule has 0 N–H and O–H groups in total. The van der Waals surface area contributed by atoms with Gasteiger partial charge in [-0.25, -0.2) is 9.67 Å². The summed E-state index contributed by atoms with van der Waals surface area (Å²) in [4.78, 5) is 4.66. The van der Waals surface area contributed by atoms with Crippen LogP contribution >= 0.6 is 0 Å². The van der Waals surface area contributed by atoms with Crippen molar-refractivity contribution in [1.29, 1.82) is 0 Å². The summed E-state index contributed by atoms with van der Waals surface area (Å²) < 4.78 is 31.6. The van der Waals surface area contributed by atoms with E-state index in [2.05, 4.69) is 23.9 Å². The zero-order chi connectivity index (χ0) is 19.2. The summed E-state index contributed by atoms with van der Waals surface area (Å²) in [6, 6.07) is 9.46. The van der Waals surface area contributed by atoms with Gasteiger partial charge in [0, 0.05) is 25.2 Å². The second kappa shape index (κ2) is 6.68. The fourth-order valence-corrected chi connectivity index (χ4v) is 5.59. The van der Waals surface area contributed by atoms with Gasteiger partial charge in [0.2, 0.25) is 0 Å². The molecule has 0 saturated carbocycles. The van der Waals surface area contributed by atoms with Crippen LogP contribution in [-0.4, -0.2) is 51.4 Å². The van der Waals surface area contributed by atoms with E-state index in [1.54, 1.807) is 8.61 Å². The number of nitrogens with zero attached hydrogens (tertiary/aromatic N) is 5. The highest BCUT2D eigenvalue weighted by atomic mass is 32.2. The summed E-state index contributed by atoms with van der Waals surface area (Å²) in [5.41, 5.74) is 1.16. The van der Waals surface area contributed by atoms with E-state index in [0.29, 0.717) is 37.8 Å². The molecular weight excluding hydrogens is 362 g/mol. The molecule has 0 aliphatic carbocycles. The minimum absolute atomic E-state index is 0.213. The Kier molecular flexibility index (Phi) is 4.60. The van der Waals surface area contributed by atoms with E-state index in [1.165, 1.54) is 0 Å². The molecule has 1 aromatic carbocycles. The van der Waals surface area contributed by atoms with E-state index in [1.807, 2.05) is 41.9 Å². The van der Waals surface area contributed by atoms with Gasteiger partial charge in [0.1, 0.15) is 5.82 Å². The van der Waals surface area contributed by atoms with Crippen LogP contribution in [-0.2, 0) is 16.8 Å². The lowest BCUT2D eigenvalue weighted by Gasteiger charge is -2.40. The Labute approximate surface area is 161 Å². The van der Waals surface area contributed by atoms with E-state index in [4.69, 9.17) is 0 Å². The predicted molar refractivity (Wildman–Crippen MR) is 104 cm³/mol. The second-order valence-electron chi connectivity index (χ2n) is 8.24. The Hall–Kier alpha value is -1.77. The number of rotatable bonds is 3. The van der Waals surface area contributed by atoms with Crippen LogP contribution in [0.3, 0.4) is 0 Å². The van der Waals surface area contributed by atoms with Crippen LogP contribution in [0.15, 0.2) is 30.3 Å². The van der Waals surface area contributed by atoms with Gasteiger partial charge in [0.15, 0.2) is 5.82 Å². The third kappa shape index (κ3) is 3.41. The summed E-state index contributed by atoms with van der Waals surface area (Å²) >= 11 is 0. The molecule has 2 aliphatic rings. The monoisotopic (exact) mass is 389 g/mol. The van der Waals surface area contributed by atoms with Crippen molar-refractivity contribution < 1.29 is 8.42 Å². The maximum atomic E-state index is 13.2. The van der Waals surface area contributed by atoms with Crippen molar-refractivity contribution in [2.24, 2.45) is 5.41 Å². The van der Waals surface area contributed by atoms with Crippen molar-refractivity contribution in [2.75, 3.05) is 19.6 Å². The number of aromatic nitrogens is 3. The van der Waals surface area contributed by atoms with Gasteiger partial charge in [-0.2, -0.15) is 22.1 Å². The molecule has 3 heterocycles. The molecule has 4 rings (SSSR count). The first-order chi connectivity index (χ1) is 12.8. The van der Waals surface area contributed by atoms with Gasteiger partial charge in [-0.1, -0.05) is 44.2 Å². The van der Waals surface area contributed by atoms with Gasteiger partial charge in [-0.15, -0.1) is 0 Å². The highest BCUT2D eigenvalue weighted by molar-refractivity contribution is 7.86. The first kappa shape index (κ1) is 18.6. The summed E-state index contributed by atoms with van der Waals surface area (Å²) in [6.45, 7) is 8.43. The molecule has 1 atom stereocenters. The maximum Gasteiger partial charge on any atom is 0.282 e. The van der Waals surface area contributed by atoms with Crippen LogP contribution in [0.4, 0.5) is 0 Å². The first-order valence-electron chi connectivity index (χ1n) is 9.55. The Morgan fingerprint density at radius 1 is 1.04 bits per heavy atom. The normalized spacial score (nSPS) is 23.9. The second-order valence-corrected chi connectivity index (χ2v) is 10.1. The lowest BCUT2D eigenvalue weighted by molar-refractivity contribution is 0.176. The van der Waals surface area contributed by atoms with Crippen molar-refractivity contribution in [3.63, 3.8) is 0 Å². The van der Waals surface area contributed by atoms with E-state index >= 15 is 0 Å². The highest BCUT2D eigenvalue weighted by Gasteiger charge is 2.40. The van der Waals surface area contributed by atoms with Gasteiger partial charge in [0.05, 0.1) is 12.6 Å². The minimum atomic E-state index is -3.50. The SMILES string of the molecule is C[C@H]1c2nc(-c3ccccc3)nn2CCN1S(=O)(=O)N1CCC(C)(C)CC1. The molecule has 7 nitrogen and oxygen atoms in total. The third-order valence-electron chi connectivity index (χ3n) is 5.77. The smallest absolute Gasteiger partial charge is 0.246 e. The molecule has 146 valence electrons. The van der Waals surface area contributed by atoms with Crippen LogP contribution in [0, 0.1) is 5.41 Å². The molecule has 1 saturated heterocycles. The van der Waals surface area contributed by atoms with E-state index in [-0.39, 0.29) is 11.5 Å². The van der Waals surface area contributed by atoms with Crippen LogP contribution in [0.5, 0.6) is 0 Å². The highest BCUT2D eigenvalue weighted by Crippen LogP contribution is 2.34. The molecule has 1 aromatic heterocycles. The Balaban J connectivity index is 1.58. The molecule has 2 aliphatic heterocycles. The summed E-state index contributed by atoms with van der Waals surface area (Å²) in [6.07, 6.45) is 1.78. The van der Waals surface area contributed by atoms with E-state index in [9.17, 15) is 8.42 Å². The molecule has 1 fully saturated rings. The number of hydrogen-bond acceptors (Lipinski definition) is 4. The zero-order valence-electron chi connectivity index (χ0n) is 16.2. The number of hydrogen-bond donors (Lipinski definition) is 0. The molecule has 8 heteroatoms. The van der Waals surface area contributed by atoms with Gasteiger partial charge in [-0.3, -0.25) is 0 Å². The predicted octanol–water partition coefficient (Wildman–Crippen LogP) is 2.69. The van der Waals surface area contributed by atoms with Gasteiger partial charge < -0.3 is 0 Å². The zero-order valence-corrected chi connectivity index (χ0v) is 17.0. The first-order valence-corrected chi connectivity index (χ1v) is 10.9. The molecule has 0 spiro atoms.